The molecule has 1 aliphatic heterocycles. The summed E-state index contributed by atoms with van der Waals surface area (Å²) in [7, 11) is -2.69. The Balaban J connectivity index is 2.78. The number of sulfone groups is 1. The van der Waals surface area contributed by atoms with E-state index in [4.69, 9.17) is 0 Å². The minimum atomic E-state index is -2.69. The van der Waals surface area contributed by atoms with E-state index in [0.29, 0.717) is 5.75 Å². The number of hydrogen-bond donors (Lipinski definition) is 0. The lowest BCUT2D eigenvalue weighted by Gasteiger charge is -2.21. The highest BCUT2D eigenvalue weighted by molar-refractivity contribution is 7.93. The van der Waals surface area contributed by atoms with Gasteiger partial charge < -0.3 is 0 Å². The summed E-state index contributed by atoms with van der Waals surface area (Å²) in [5.74, 6) is 0.351. The van der Waals surface area contributed by atoms with Gasteiger partial charge >= 0.3 is 0 Å². The zero-order chi connectivity index (χ0) is 6.20. The molecule has 0 amide bonds. The van der Waals surface area contributed by atoms with Gasteiger partial charge in [0.25, 0.3) is 0 Å². The third-order valence-corrected chi connectivity index (χ3v) is 3.57. The molecule has 46 valence electrons. The van der Waals surface area contributed by atoms with Gasteiger partial charge in [0.15, 0.2) is 9.84 Å². The largest absolute Gasteiger partial charge is 0.228 e. The number of hydrogen-bond acceptors (Lipinski definition) is 2. The van der Waals surface area contributed by atoms with Crippen molar-refractivity contribution in [1.29, 1.82) is 0 Å². The topological polar surface area (TPSA) is 34.1 Å². The summed E-state index contributed by atoms with van der Waals surface area (Å²) in [5.41, 5.74) is 0. The van der Waals surface area contributed by atoms with Gasteiger partial charge in [-0.15, -0.1) is 6.58 Å². The molecule has 2 nitrogen and oxygen atoms in total. The van der Waals surface area contributed by atoms with Crippen LogP contribution in [0.2, 0.25) is 0 Å². The fraction of sp³-hybridized carbons (Fsp3) is 0.600. The third-order valence-electron chi connectivity index (χ3n) is 1.41. The average Bonchev–Trinajstić information content (AvgIpc) is 1.66. The lowest BCUT2D eigenvalue weighted by atomic mass is 10.3. The van der Waals surface area contributed by atoms with Crippen molar-refractivity contribution < 1.29 is 8.42 Å². The average molecular weight is 132 g/mol. The first-order valence-electron chi connectivity index (χ1n) is 2.51. The molecule has 1 heterocycles. The summed E-state index contributed by atoms with van der Waals surface area (Å²) in [6, 6.07) is 0. The molecular formula is C5H8O2S. The van der Waals surface area contributed by atoms with Crippen molar-refractivity contribution in [1.82, 2.24) is 0 Å². The van der Waals surface area contributed by atoms with E-state index in [2.05, 4.69) is 6.58 Å². The zero-order valence-electron chi connectivity index (χ0n) is 4.50. The fourth-order valence-corrected chi connectivity index (χ4v) is 1.90. The molecule has 1 atom stereocenters. The van der Waals surface area contributed by atoms with Crippen LogP contribution >= 0.6 is 0 Å². The molecule has 0 aromatic carbocycles. The Morgan fingerprint density at radius 1 is 1.62 bits per heavy atom. The minimum absolute atomic E-state index is 0.234. The Morgan fingerprint density at radius 2 is 2.25 bits per heavy atom. The Hall–Kier alpha value is -0.310. The molecule has 0 saturated carbocycles. The molecule has 0 aromatic rings. The van der Waals surface area contributed by atoms with Crippen LogP contribution in [0.5, 0.6) is 0 Å². The summed E-state index contributed by atoms with van der Waals surface area (Å²) in [4.78, 5) is 0. The second-order valence-electron chi connectivity index (χ2n) is 1.93. The van der Waals surface area contributed by atoms with Crippen molar-refractivity contribution in [2.24, 2.45) is 0 Å². The fourth-order valence-electron chi connectivity index (χ4n) is 0.711. The predicted molar refractivity (Wildman–Crippen MR) is 32.4 cm³/mol. The first kappa shape index (κ1) is 5.82. The molecule has 1 rings (SSSR count). The summed E-state index contributed by atoms with van der Waals surface area (Å²) in [6.07, 6.45) is 2.27. The van der Waals surface area contributed by atoms with Crippen LogP contribution in [-0.4, -0.2) is 19.4 Å². The monoisotopic (exact) mass is 132 g/mol. The first-order valence-corrected chi connectivity index (χ1v) is 4.22. The van der Waals surface area contributed by atoms with E-state index in [-0.39, 0.29) is 5.25 Å². The maximum atomic E-state index is 10.6. The van der Waals surface area contributed by atoms with Gasteiger partial charge in [0, 0.05) is 0 Å². The van der Waals surface area contributed by atoms with E-state index in [0.717, 1.165) is 6.42 Å². The minimum Gasteiger partial charge on any atom is -0.228 e. The van der Waals surface area contributed by atoms with Gasteiger partial charge in [-0.3, -0.25) is 0 Å². The number of rotatable bonds is 1. The van der Waals surface area contributed by atoms with E-state index in [1.54, 1.807) is 0 Å². The van der Waals surface area contributed by atoms with Gasteiger partial charge in [-0.2, -0.15) is 0 Å². The van der Waals surface area contributed by atoms with E-state index in [1.807, 2.05) is 0 Å². The molecule has 3 heteroatoms. The molecule has 0 radical (unpaired) electrons. The molecule has 8 heavy (non-hydrogen) atoms. The molecule has 0 spiro atoms. The van der Waals surface area contributed by atoms with Crippen molar-refractivity contribution in [3.8, 4) is 0 Å². The maximum absolute atomic E-state index is 10.6. The van der Waals surface area contributed by atoms with E-state index in [9.17, 15) is 8.42 Å². The maximum Gasteiger partial charge on any atom is 0.156 e. The Labute approximate surface area is 49.1 Å². The molecule has 1 unspecified atom stereocenters. The predicted octanol–water partition coefficient (Wildman–Crippen LogP) is 0.360. The Morgan fingerprint density at radius 3 is 2.25 bits per heavy atom. The normalized spacial score (nSPS) is 33.2. The van der Waals surface area contributed by atoms with Crippen LogP contribution < -0.4 is 0 Å². The van der Waals surface area contributed by atoms with Crippen LogP contribution in [0.1, 0.15) is 6.42 Å². The van der Waals surface area contributed by atoms with Crippen LogP contribution in [0.25, 0.3) is 0 Å². The standard InChI is InChI=1S/C5H8O2S/c1-2-5-3-4-8(5,6)7/h2,5H,1,3-4H2. The SMILES string of the molecule is C=CC1CCS1(=O)=O. The van der Waals surface area contributed by atoms with E-state index < -0.39 is 9.84 Å². The second kappa shape index (κ2) is 1.58. The van der Waals surface area contributed by atoms with Crippen LogP contribution in [0.15, 0.2) is 12.7 Å². The van der Waals surface area contributed by atoms with Crippen molar-refractivity contribution in [2.45, 2.75) is 11.7 Å². The van der Waals surface area contributed by atoms with E-state index in [1.165, 1.54) is 6.08 Å². The molecule has 0 bridgehead atoms. The quantitative estimate of drug-likeness (QED) is 0.483. The van der Waals surface area contributed by atoms with Gasteiger partial charge in [-0.1, -0.05) is 6.08 Å². The van der Waals surface area contributed by atoms with Gasteiger partial charge in [0.2, 0.25) is 0 Å². The summed E-state index contributed by atoms with van der Waals surface area (Å²) in [6.45, 7) is 3.40. The molecule has 0 aliphatic carbocycles. The zero-order valence-corrected chi connectivity index (χ0v) is 5.32. The molecule has 0 N–H and O–H groups in total. The summed E-state index contributed by atoms with van der Waals surface area (Å²) >= 11 is 0. The second-order valence-corrected chi connectivity index (χ2v) is 4.27. The van der Waals surface area contributed by atoms with E-state index >= 15 is 0 Å². The highest BCUT2D eigenvalue weighted by Gasteiger charge is 2.32. The van der Waals surface area contributed by atoms with Crippen molar-refractivity contribution in [3.63, 3.8) is 0 Å². The van der Waals surface area contributed by atoms with Crippen molar-refractivity contribution in [3.05, 3.63) is 12.7 Å². The highest BCUT2D eigenvalue weighted by Crippen LogP contribution is 2.20. The lowest BCUT2D eigenvalue weighted by molar-refractivity contribution is 0.566. The van der Waals surface area contributed by atoms with Gasteiger partial charge in [-0.05, 0) is 6.42 Å². The highest BCUT2D eigenvalue weighted by atomic mass is 32.2. The van der Waals surface area contributed by atoms with Crippen LogP contribution in [0.3, 0.4) is 0 Å². The summed E-state index contributed by atoms with van der Waals surface area (Å²) < 4.78 is 21.2. The molecule has 0 aromatic heterocycles. The van der Waals surface area contributed by atoms with Crippen LogP contribution in [-0.2, 0) is 9.84 Å². The first-order chi connectivity index (χ1) is 3.67. The molecule has 1 saturated heterocycles. The van der Waals surface area contributed by atoms with Crippen LogP contribution in [0.4, 0.5) is 0 Å². The lowest BCUT2D eigenvalue weighted by Crippen LogP contribution is -2.34. The van der Waals surface area contributed by atoms with Crippen LogP contribution in [0, 0.1) is 0 Å². The molecule has 1 fully saturated rings. The van der Waals surface area contributed by atoms with Gasteiger partial charge in [-0.25, -0.2) is 8.42 Å². The third kappa shape index (κ3) is 0.668. The van der Waals surface area contributed by atoms with Gasteiger partial charge in [0.1, 0.15) is 0 Å². The van der Waals surface area contributed by atoms with Gasteiger partial charge in [0.05, 0.1) is 11.0 Å². The Bertz CT molecular complexity index is 190. The Kier molecular flexibility index (Phi) is 1.15. The smallest absolute Gasteiger partial charge is 0.156 e. The van der Waals surface area contributed by atoms with Crippen molar-refractivity contribution in [2.75, 3.05) is 5.75 Å². The molecule has 1 aliphatic rings. The molecular weight excluding hydrogens is 124 g/mol. The summed E-state index contributed by atoms with van der Waals surface area (Å²) in [5, 5.41) is -0.234. The van der Waals surface area contributed by atoms with Crippen molar-refractivity contribution >= 4 is 9.84 Å².